The number of hydrogen-bond donors (Lipinski definition) is 1. The molecule has 0 bridgehead atoms. The van der Waals surface area contributed by atoms with Crippen LogP contribution in [0.1, 0.15) is 5.56 Å². The molecule has 1 amide bonds. The minimum Gasteiger partial charge on any atom is -0.497 e. The van der Waals surface area contributed by atoms with Gasteiger partial charge in [0.05, 0.1) is 42.3 Å². The van der Waals surface area contributed by atoms with Crippen molar-refractivity contribution >= 4 is 34.3 Å². The molecule has 3 aromatic carbocycles. The molecule has 0 saturated heterocycles. The summed E-state index contributed by atoms with van der Waals surface area (Å²) in [5, 5.41) is 3.81. The van der Waals surface area contributed by atoms with E-state index in [9.17, 15) is 9.59 Å². The minimum atomic E-state index is -0.249. The van der Waals surface area contributed by atoms with Crippen molar-refractivity contribution in [1.29, 1.82) is 0 Å². The van der Waals surface area contributed by atoms with Crippen molar-refractivity contribution in [3.05, 3.63) is 82.6 Å². The molecule has 1 N–H and O–H groups in total. The van der Waals surface area contributed by atoms with Crippen LogP contribution in [-0.4, -0.2) is 35.4 Å². The van der Waals surface area contributed by atoms with Gasteiger partial charge >= 0.3 is 0 Å². The molecule has 7 nitrogen and oxygen atoms in total. The molecule has 8 heteroatoms. The zero-order valence-electron chi connectivity index (χ0n) is 18.5. The number of hydrogen-bond acceptors (Lipinski definition) is 6. The van der Waals surface area contributed by atoms with Crippen LogP contribution in [0.2, 0.25) is 0 Å². The molecule has 4 rings (SSSR count). The van der Waals surface area contributed by atoms with Crippen LogP contribution in [0.15, 0.2) is 76.7 Å². The van der Waals surface area contributed by atoms with E-state index in [2.05, 4.69) is 10.3 Å². The Bertz CT molecular complexity index is 1370. The summed E-state index contributed by atoms with van der Waals surface area (Å²) in [5.74, 6) is 0.933. The summed E-state index contributed by atoms with van der Waals surface area (Å²) in [6, 6.07) is 20.0. The Kier molecular flexibility index (Phi) is 6.65. The fraction of sp³-hybridized carbons (Fsp3) is 0.160. The van der Waals surface area contributed by atoms with E-state index in [1.54, 1.807) is 42.0 Å². The number of nitrogens with zero attached hydrogens (tertiary/aromatic N) is 2. The quantitative estimate of drug-likeness (QED) is 0.324. The molecule has 33 heavy (non-hydrogen) atoms. The molecule has 0 aliphatic heterocycles. The number of para-hydroxylation sites is 1. The molecule has 0 saturated carbocycles. The van der Waals surface area contributed by atoms with Crippen molar-refractivity contribution in [1.82, 2.24) is 9.55 Å². The average molecular weight is 462 g/mol. The van der Waals surface area contributed by atoms with Crippen molar-refractivity contribution in [2.24, 2.45) is 0 Å². The molecule has 1 aromatic heterocycles. The standard InChI is InChI=1S/C25H23N3O4S/c1-16-8-10-17(11-9-16)28-24(30)19-6-4-5-7-20(19)27-25(28)33-15-23(29)26-21-13-12-18(31-2)14-22(21)32-3/h4-14H,15H2,1-3H3,(H,26,29). The van der Waals surface area contributed by atoms with Crippen LogP contribution >= 0.6 is 11.8 Å². The Balaban J connectivity index is 1.63. The number of amides is 1. The Labute approximate surface area is 195 Å². The molecule has 0 fully saturated rings. The summed E-state index contributed by atoms with van der Waals surface area (Å²) < 4.78 is 12.1. The van der Waals surface area contributed by atoms with Crippen molar-refractivity contribution in [3.8, 4) is 17.2 Å². The Morgan fingerprint density at radius 3 is 2.52 bits per heavy atom. The summed E-state index contributed by atoms with van der Waals surface area (Å²) >= 11 is 1.20. The smallest absolute Gasteiger partial charge is 0.266 e. The lowest BCUT2D eigenvalue weighted by molar-refractivity contribution is -0.113. The SMILES string of the molecule is COc1ccc(NC(=O)CSc2nc3ccccc3c(=O)n2-c2ccc(C)cc2)c(OC)c1. The Hall–Kier alpha value is -3.78. The van der Waals surface area contributed by atoms with Crippen LogP contribution in [0.4, 0.5) is 5.69 Å². The lowest BCUT2D eigenvalue weighted by atomic mass is 10.2. The maximum atomic E-state index is 13.3. The van der Waals surface area contributed by atoms with E-state index in [0.717, 1.165) is 5.56 Å². The minimum absolute atomic E-state index is 0.0613. The van der Waals surface area contributed by atoms with E-state index >= 15 is 0 Å². The maximum Gasteiger partial charge on any atom is 0.266 e. The van der Waals surface area contributed by atoms with Crippen molar-refractivity contribution in [3.63, 3.8) is 0 Å². The highest BCUT2D eigenvalue weighted by Gasteiger charge is 2.16. The average Bonchev–Trinajstić information content (AvgIpc) is 2.84. The van der Waals surface area contributed by atoms with Gasteiger partial charge in [-0.3, -0.25) is 14.2 Å². The largest absolute Gasteiger partial charge is 0.497 e. The van der Waals surface area contributed by atoms with Crippen LogP contribution in [0.3, 0.4) is 0 Å². The topological polar surface area (TPSA) is 82.5 Å². The number of methoxy groups -OCH3 is 2. The van der Waals surface area contributed by atoms with Crippen LogP contribution in [0.25, 0.3) is 16.6 Å². The van der Waals surface area contributed by atoms with Crippen molar-refractivity contribution in [2.75, 3.05) is 25.3 Å². The lowest BCUT2D eigenvalue weighted by Crippen LogP contribution is -2.23. The monoisotopic (exact) mass is 461 g/mol. The third-order valence-electron chi connectivity index (χ3n) is 5.05. The zero-order chi connectivity index (χ0) is 23.4. The van der Waals surface area contributed by atoms with E-state index in [1.807, 2.05) is 43.3 Å². The van der Waals surface area contributed by atoms with Crippen LogP contribution in [0.5, 0.6) is 11.5 Å². The molecule has 0 atom stereocenters. The predicted molar refractivity (Wildman–Crippen MR) is 131 cm³/mol. The number of anilines is 1. The first-order chi connectivity index (χ1) is 16.0. The van der Waals surface area contributed by atoms with E-state index in [1.165, 1.54) is 18.9 Å². The van der Waals surface area contributed by atoms with Gasteiger partial charge in [-0.05, 0) is 43.3 Å². The van der Waals surface area contributed by atoms with Gasteiger partial charge in [0, 0.05) is 6.07 Å². The first-order valence-electron chi connectivity index (χ1n) is 10.2. The lowest BCUT2D eigenvalue weighted by Gasteiger charge is -2.14. The molecular weight excluding hydrogens is 438 g/mol. The second-order valence-corrected chi connectivity index (χ2v) is 8.23. The van der Waals surface area contributed by atoms with Crippen LogP contribution in [-0.2, 0) is 4.79 Å². The van der Waals surface area contributed by atoms with Crippen molar-refractivity contribution < 1.29 is 14.3 Å². The van der Waals surface area contributed by atoms with Gasteiger partial charge in [-0.2, -0.15) is 0 Å². The summed E-state index contributed by atoms with van der Waals surface area (Å²) in [7, 11) is 3.09. The van der Waals surface area contributed by atoms with Crippen LogP contribution < -0.4 is 20.3 Å². The van der Waals surface area contributed by atoms with Gasteiger partial charge in [-0.1, -0.05) is 41.6 Å². The molecule has 0 radical (unpaired) electrons. The van der Waals surface area contributed by atoms with Crippen molar-refractivity contribution in [2.45, 2.75) is 12.1 Å². The molecule has 0 unspecified atom stereocenters. The number of aryl methyl sites for hydroxylation is 1. The number of nitrogens with one attached hydrogen (secondary N) is 1. The second kappa shape index (κ2) is 9.79. The normalized spacial score (nSPS) is 10.8. The first kappa shape index (κ1) is 22.4. The Morgan fingerprint density at radius 2 is 1.79 bits per heavy atom. The summed E-state index contributed by atoms with van der Waals surface area (Å²) in [6.07, 6.45) is 0. The van der Waals surface area contributed by atoms with Gasteiger partial charge in [-0.25, -0.2) is 4.98 Å². The third kappa shape index (κ3) is 4.85. The maximum absolute atomic E-state index is 13.3. The van der Waals surface area contributed by atoms with Gasteiger partial charge in [0.1, 0.15) is 11.5 Å². The van der Waals surface area contributed by atoms with Crippen LogP contribution in [0, 0.1) is 6.92 Å². The predicted octanol–water partition coefficient (Wildman–Crippen LogP) is 4.44. The summed E-state index contributed by atoms with van der Waals surface area (Å²) in [4.78, 5) is 30.7. The summed E-state index contributed by atoms with van der Waals surface area (Å²) in [5.41, 5.74) is 2.73. The fourth-order valence-corrected chi connectivity index (χ4v) is 4.16. The fourth-order valence-electron chi connectivity index (χ4n) is 3.35. The number of aromatic nitrogens is 2. The molecule has 1 heterocycles. The zero-order valence-corrected chi connectivity index (χ0v) is 19.3. The van der Waals surface area contributed by atoms with E-state index in [-0.39, 0.29) is 17.2 Å². The Morgan fingerprint density at radius 1 is 1.03 bits per heavy atom. The van der Waals surface area contributed by atoms with Gasteiger partial charge in [0.25, 0.3) is 5.56 Å². The number of carbonyl (C=O) groups is 1. The van der Waals surface area contributed by atoms with Gasteiger partial charge in [0.2, 0.25) is 5.91 Å². The highest BCUT2D eigenvalue weighted by Crippen LogP contribution is 2.29. The highest BCUT2D eigenvalue weighted by molar-refractivity contribution is 7.99. The van der Waals surface area contributed by atoms with E-state index < -0.39 is 0 Å². The van der Waals surface area contributed by atoms with E-state index in [4.69, 9.17) is 9.47 Å². The molecule has 0 aliphatic carbocycles. The highest BCUT2D eigenvalue weighted by atomic mass is 32.2. The van der Waals surface area contributed by atoms with Gasteiger partial charge in [0.15, 0.2) is 5.16 Å². The number of fused-ring (bicyclic) bond motifs is 1. The number of thioether (sulfide) groups is 1. The third-order valence-corrected chi connectivity index (χ3v) is 5.99. The second-order valence-electron chi connectivity index (χ2n) is 7.29. The number of benzene rings is 3. The number of carbonyl (C=O) groups excluding carboxylic acids is 1. The molecule has 0 aliphatic rings. The number of ether oxygens (including phenoxy) is 2. The number of rotatable bonds is 7. The molecule has 168 valence electrons. The molecule has 4 aromatic rings. The molecule has 0 spiro atoms. The first-order valence-corrected chi connectivity index (χ1v) is 11.2. The van der Waals surface area contributed by atoms with Gasteiger partial charge in [-0.15, -0.1) is 0 Å². The molecular formula is C25H23N3O4S. The van der Waals surface area contributed by atoms with E-state index in [0.29, 0.717) is 38.9 Å². The summed E-state index contributed by atoms with van der Waals surface area (Å²) in [6.45, 7) is 1.98. The van der Waals surface area contributed by atoms with Gasteiger partial charge < -0.3 is 14.8 Å².